The zero-order valence-corrected chi connectivity index (χ0v) is 9.52. The number of hydrogen-bond acceptors (Lipinski definition) is 5. The minimum Gasteiger partial charge on any atom is -0.304 e. The molecule has 2 rings (SSSR count). The van der Waals surface area contributed by atoms with Gasteiger partial charge in [0.15, 0.2) is 0 Å². The Balaban J connectivity index is 2.82. The van der Waals surface area contributed by atoms with Crippen LogP contribution in [0.5, 0.6) is 0 Å². The molecule has 0 spiro atoms. The molecule has 2 aromatic rings. The number of aromatic nitrogens is 2. The van der Waals surface area contributed by atoms with Crippen molar-refractivity contribution in [2.75, 3.05) is 6.26 Å². The fourth-order valence-electron chi connectivity index (χ4n) is 1.35. The molecule has 1 N–H and O–H groups in total. The van der Waals surface area contributed by atoms with E-state index in [4.69, 9.17) is 0 Å². The highest BCUT2D eigenvalue weighted by atomic mass is 32.2. The minimum atomic E-state index is -3.95. The fourth-order valence-corrected chi connectivity index (χ4v) is 1.76. The van der Waals surface area contributed by atoms with E-state index in [0.717, 1.165) is 6.26 Å². The minimum absolute atomic E-state index is 0.163. The topological polar surface area (TPSA) is 98.2 Å². The molecule has 0 aliphatic heterocycles. The van der Waals surface area contributed by atoms with E-state index in [1.165, 1.54) is 12.1 Å². The van der Waals surface area contributed by atoms with Gasteiger partial charge in [-0.3, -0.25) is 9.08 Å². The van der Waals surface area contributed by atoms with E-state index in [1.807, 2.05) is 0 Å². The highest BCUT2D eigenvalue weighted by Gasteiger charge is 2.12. The molecule has 0 fully saturated rings. The van der Waals surface area contributed by atoms with E-state index in [-0.39, 0.29) is 10.1 Å². The molecule has 8 heteroatoms. The maximum Gasteiger partial charge on any atom is 0.363 e. The Morgan fingerprint density at radius 1 is 1.24 bits per heavy atom. The van der Waals surface area contributed by atoms with Gasteiger partial charge in [-0.05, 0) is 12.1 Å². The number of H-pyrrole nitrogens is 1. The van der Waals surface area contributed by atoms with Crippen molar-refractivity contribution < 1.29 is 12.7 Å². The van der Waals surface area contributed by atoms with Crippen molar-refractivity contribution in [3.05, 3.63) is 45.1 Å². The molecule has 0 amide bonds. The number of fused-ring (bicyclic) bond motifs is 1. The quantitative estimate of drug-likeness (QED) is 0.749. The number of aromatic amines is 1. The number of hydrogen-bond donors (Lipinski definition) is 1. The molecule has 0 atom stereocenters. The summed E-state index contributed by atoms with van der Waals surface area (Å²) in [6.45, 7) is 0. The number of benzene rings is 1. The Labute approximate surface area is 95.4 Å². The Morgan fingerprint density at radius 2 is 1.88 bits per heavy atom. The lowest BCUT2D eigenvalue weighted by molar-refractivity contribution is 0.256. The first-order valence-corrected chi connectivity index (χ1v) is 6.34. The van der Waals surface area contributed by atoms with Crippen molar-refractivity contribution >= 4 is 21.0 Å². The van der Waals surface area contributed by atoms with Crippen molar-refractivity contribution in [3.63, 3.8) is 0 Å². The van der Waals surface area contributed by atoms with Crippen LogP contribution in [-0.2, 0) is 10.1 Å². The second-order valence-corrected chi connectivity index (χ2v) is 4.91. The molecule has 0 aliphatic carbocycles. The highest BCUT2D eigenvalue weighted by molar-refractivity contribution is 7.86. The predicted octanol–water partition coefficient (Wildman–Crippen LogP) is -0.922. The summed E-state index contributed by atoms with van der Waals surface area (Å²) in [6.07, 6.45) is 0.744. The molecule has 0 saturated heterocycles. The number of nitrogens with zero attached hydrogens (tertiary/aromatic N) is 1. The molecule has 0 bridgehead atoms. The first-order chi connectivity index (χ1) is 7.88. The van der Waals surface area contributed by atoms with E-state index in [0.29, 0.717) is 5.52 Å². The Bertz CT molecular complexity index is 787. The number of nitrogens with one attached hydrogen (secondary N) is 1. The van der Waals surface area contributed by atoms with Crippen LogP contribution < -0.4 is 15.5 Å². The Hall–Kier alpha value is -2.09. The van der Waals surface area contributed by atoms with E-state index in [1.54, 1.807) is 12.1 Å². The smallest absolute Gasteiger partial charge is 0.304 e. The molecular formula is C9H8N2O5S. The van der Waals surface area contributed by atoms with E-state index >= 15 is 0 Å². The van der Waals surface area contributed by atoms with Crippen molar-refractivity contribution in [2.24, 2.45) is 0 Å². The van der Waals surface area contributed by atoms with Gasteiger partial charge in [-0.2, -0.15) is 8.42 Å². The van der Waals surface area contributed by atoms with Crippen molar-refractivity contribution in [1.29, 1.82) is 0 Å². The van der Waals surface area contributed by atoms with E-state index in [9.17, 15) is 18.0 Å². The standard InChI is InChI=1S/C9H8N2O5S/c1-17(14,15)16-11-8(12)6-4-2-3-5-7(6)10-9(11)13/h2-5H,1H3,(H,10,13). The van der Waals surface area contributed by atoms with Crippen LogP contribution in [0.1, 0.15) is 0 Å². The van der Waals surface area contributed by atoms with Crippen molar-refractivity contribution in [3.8, 4) is 0 Å². The lowest BCUT2D eigenvalue weighted by atomic mass is 10.2. The third-order valence-corrected chi connectivity index (χ3v) is 2.40. The van der Waals surface area contributed by atoms with Crippen LogP contribution in [0.15, 0.2) is 33.9 Å². The van der Waals surface area contributed by atoms with Crippen LogP contribution in [0.4, 0.5) is 0 Å². The van der Waals surface area contributed by atoms with Gasteiger partial charge in [-0.15, -0.1) is 0 Å². The van der Waals surface area contributed by atoms with Gasteiger partial charge in [-0.25, -0.2) is 4.79 Å². The average Bonchev–Trinajstić information content (AvgIpc) is 2.23. The van der Waals surface area contributed by atoms with Crippen LogP contribution in [-0.4, -0.2) is 24.4 Å². The zero-order chi connectivity index (χ0) is 12.6. The lowest BCUT2D eigenvalue weighted by Gasteiger charge is -2.04. The molecule has 0 unspecified atom stereocenters. The third-order valence-electron chi connectivity index (χ3n) is 1.98. The van der Waals surface area contributed by atoms with Gasteiger partial charge in [-0.1, -0.05) is 16.9 Å². The average molecular weight is 256 g/mol. The molecule has 0 saturated carbocycles. The maximum absolute atomic E-state index is 11.8. The largest absolute Gasteiger partial charge is 0.363 e. The molecule has 0 radical (unpaired) electrons. The summed E-state index contributed by atoms with van der Waals surface area (Å²) in [5.41, 5.74) is -1.45. The fraction of sp³-hybridized carbons (Fsp3) is 0.111. The van der Waals surface area contributed by atoms with Crippen LogP contribution in [0.3, 0.4) is 0 Å². The number of rotatable bonds is 2. The van der Waals surface area contributed by atoms with Crippen LogP contribution >= 0.6 is 0 Å². The molecule has 7 nitrogen and oxygen atoms in total. The predicted molar refractivity (Wildman–Crippen MR) is 60.3 cm³/mol. The van der Waals surface area contributed by atoms with Gasteiger partial charge in [0.25, 0.3) is 5.56 Å². The van der Waals surface area contributed by atoms with Gasteiger partial charge in [0.05, 0.1) is 17.2 Å². The molecule has 1 aromatic heterocycles. The summed E-state index contributed by atoms with van der Waals surface area (Å²) < 4.78 is 26.3. The molecule has 1 heterocycles. The maximum atomic E-state index is 11.8. The SMILES string of the molecule is CS(=O)(=O)On1c(=O)[nH]c2ccccc2c1=O. The highest BCUT2D eigenvalue weighted by Crippen LogP contribution is 2.02. The second kappa shape index (κ2) is 3.74. The molecule has 1 aromatic carbocycles. The van der Waals surface area contributed by atoms with Crippen LogP contribution in [0.25, 0.3) is 10.9 Å². The molecule has 90 valence electrons. The number of para-hydroxylation sites is 1. The van der Waals surface area contributed by atoms with Gasteiger partial charge in [0.1, 0.15) is 0 Å². The first-order valence-electron chi connectivity index (χ1n) is 4.52. The van der Waals surface area contributed by atoms with E-state index < -0.39 is 21.4 Å². The summed E-state index contributed by atoms with van der Waals surface area (Å²) in [6, 6.07) is 6.21. The van der Waals surface area contributed by atoms with Gasteiger partial charge in [0, 0.05) is 0 Å². The monoisotopic (exact) mass is 256 g/mol. The molecule has 17 heavy (non-hydrogen) atoms. The lowest BCUT2D eigenvalue weighted by Crippen LogP contribution is -2.41. The molecule has 0 aliphatic rings. The summed E-state index contributed by atoms with van der Waals surface area (Å²) >= 11 is 0. The summed E-state index contributed by atoms with van der Waals surface area (Å²) in [7, 11) is -3.95. The third kappa shape index (κ3) is 2.21. The summed E-state index contributed by atoms with van der Waals surface area (Å²) in [4.78, 5) is 25.6. The van der Waals surface area contributed by atoms with Crippen LogP contribution in [0.2, 0.25) is 0 Å². The summed E-state index contributed by atoms with van der Waals surface area (Å²) in [5.74, 6) is 0. The van der Waals surface area contributed by atoms with Crippen molar-refractivity contribution in [1.82, 2.24) is 9.71 Å². The van der Waals surface area contributed by atoms with Gasteiger partial charge >= 0.3 is 15.8 Å². The van der Waals surface area contributed by atoms with Gasteiger partial charge in [0.2, 0.25) is 0 Å². The zero-order valence-electron chi connectivity index (χ0n) is 8.71. The normalized spacial score (nSPS) is 11.6. The molecular weight excluding hydrogens is 248 g/mol. The Morgan fingerprint density at radius 3 is 2.53 bits per heavy atom. The first kappa shape index (κ1) is 11.4. The summed E-state index contributed by atoms with van der Waals surface area (Å²) in [5, 5.41) is 0.163. The van der Waals surface area contributed by atoms with E-state index in [2.05, 4.69) is 9.27 Å². The van der Waals surface area contributed by atoms with Crippen molar-refractivity contribution in [2.45, 2.75) is 0 Å². The Kier molecular flexibility index (Phi) is 2.50. The second-order valence-electron chi connectivity index (χ2n) is 3.35. The van der Waals surface area contributed by atoms with Gasteiger partial charge < -0.3 is 4.98 Å². The van der Waals surface area contributed by atoms with Crippen LogP contribution in [0, 0.1) is 0 Å².